The van der Waals surface area contributed by atoms with Crippen molar-refractivity contribution in [3.05, 3.63) is 0 Å². The molecule has 0 amide bonds. The van der Waals surface area contributed by atoms with Crippen molar-refractivity contribution in [3.63, 3.8) is 0 Å². The van der Waals surface area contributed by atoms with Crippen molar-refractivity contribution < 1.29 is 14.6 Å². The third-order valence-electron chi connectivity index (χ3n) is 4.56. The van der Waals surface area contributed by atoms with E-state index in [2.05, 4.69) is 11.8 Å². The van der Waals surface area contributed by atoms with Gasteiger partial charge in [0.1, 0.15) is 5.54 Å². The molecule has 1 spiro atoms. The van der Waals surface area contributed by atoms with E-state index in [-0.39, 0.29) is 5.60 Å². The topological polar surface area (TPSA) is 49.8 Å². The largest absolute Gasteiger partial charge is 0.480 e. The number of aliphatic carboxylic acids is 1. The highest BCUT2D eigenvalue weighted by molar-refractivity contribution is 7.99. The average Bonchev–Trinajstić information content (AvgIpc) is 2.77. The Kier molecular flexibility index (Phi) is 4.48. The Balaban J connectivity index is 2.12. The molecule has 0 aromatic heterocycles. The molecule has 2 saturated heterocycles. The standard InChI is InChI=1S/C14H25NO3S/c1-4-15(13(2,3)12(16)17)11-5-7-18-14(9-11)6-8-19-10-14/h11H,4-10H2,1-3H3,(H,16,17). The number of hydrogen-bond donors (Lipinski definition) is 1. The molecule has 19 heavy (non-hydrogen) atoms. The summed E-state index contributed by atoms with van der Waals surface area (Å²) in [6.45, 7) is 7.20. The van der Waals surface area contributed by atoms with E-state index in [9.17, 15) is 9.90 Å². The van der Waals surface area contributed by atoms with Gasteiger partial charge in [-0.3, -0.25) is 9.69 Å². The summed E-state index contributed by atoms with van der Waals surface area (Å²) in [7, 11) is 0. The van der Waals surface area contributed by atoms with Crippen LogP contribution in [0.1, 0.15) is 40.0 Å². The molecule has 2 atom stereocenters. The van der Waals surface area contributed by atoms with Gasteiger partial charge in [0.05, 0.1) is 5.60 Å². The lowest BCUT2D eigenvalue weighted by Crippen LogP contribution is -2.58. The zero-order valence-electron chi connectivity index (χ0n) is 12.1. The fourth-order valence-electron chi connectivity index (χ4n) is 3.36. The van der Waals surface area contributed by atoms with Gasteiger partial charge in [-0.05, 0) is 45.4 Å². The highest BCUT2D eigenvalue weighted by Gasteiger charge is 2.45. The van der Waals surface area contributed by atoms with Gasteiger partial charge in [-0.15, -0.1) is 0 Å². The Labute approximate surface area is 119 Å². The van der Waals surface area contributed by atoms with E-state index in [4.69, 9.17) is 4.74 Å². The molecule has 2 unspecified atom stereocenters. The van der Waals surface area contributed by atoms with Gasteiger partial charge in [-0.2, -0.15) is 11.8 Å². The summed E-state index contributed by atoms with van der Waals surface area (Å²) in [6.07, 6.45) is 3.03. The molecule has 0 aliphatic carbocycles. The van der Waals surface area contributed by atoms with Crippen molar-refractivity contribution in [2.45, 2.75) is 57.2 Å². The summed E-state index contributed by atoms with van der Waals surface area (Å²) in [5.74, 6) is 1.49. The van der Waals surface area contributed by atoms with Gasteiger partial charge in [-0.1, -0.05) is 6.92 Å². The van der Waals surface area contributed by atoms with Crippen molar-refractivity contribution in [3.8, 4) is 0 Å². The molecule has 2 heterocycles. The maximum Gasteiger partial charge on any atom is 0.323 e. The van der Waals surface area contributed by atoms with E-state index in [1.807, 2.05) is 25.6 Å². The summed E-state index contributed by atoms with van der Waals surface area (Å²) >= 11 is 1.95. The molecule has 0 aromatic carbocycles. The number of thioether (sulfide) groups is 1. The van der Waals surface area contributed by atoms with E-state index >= 15 is 0 Å². The summed E-state index contributed by atoms with van der Waals surface area (Å²) < 4.78 is 6.03. The number of likely N-dealkylation sites (N-methyl/N-ethyl adjacent to an activating group) is 1. The fourth-order valence-corrected chi connectivity index (χ4v) is 4.74. The number of carboxylic acids is 1. The number of hydrogen-bond acceptors (Lipinski definition) is 4. The second kappa shape index (κ2) is 5.62. The third kappa shape index (κ3) is 2.93. The first kappa shape index (κ1) is 15.1. The minimum atomic E-state index is -0.802. The van der Waals surface area contributed by atoms with Gasteiger partial charge >= 0.3 is 5.97 Å². The summed E-state index contributed by atoms with van der Waals surface area (Å²) in [5.41, 5.74) is -0.792. The number of rotatable bonds is 4. The number of nitrogens with zero attached hydrogens (tertiary/aromatic N) is 1. The minimum Gasteiger partial charge on any atom is -0.480 e. The molecule has 2 rings (SSSR count). The van der Waals surface area contributed by atoms with Gasteiger partial charge in [0, 0.05) is 18.4 Å². The smallest absolute Gasteiger partial charge is 0.323 e. The van der Waals surface area contributed by atoms with Crippen molar-refractivity contribution in [1.82, 2.24) is 4.90 Å². The molecular formula is C14H25NO3S. The second-order valence-electron chi connectivity index (χ2n) is 6.13. The van der Waals surface area contributed by atoms with Crippen LogP contribution in [0.2, 0.25) is 0 Å². The lowest BCUT2D eigenvalue weighted by molar-refractivity contribution is -0.156. The molecule has 0 aromatic rings. The Morgan fingerprint density at radius 3 is 2.84 bits per heavy atom. The number of carbonyl (C=O) groups is 1. The molecule has 2 fully saturated rings. The van der Waals surface area contributed by atoms with Gasteiger partial charge in [0.15, 0.2) is 0 Å². The molecule has 2 aliphatic rings. The van der Waals surface area contributed by atoms with E-state index < -0.39 is 11.5 Å². The van der Waals surface area contributed by atoms with Crippen LogP contribution in [0.15, 0.2) is 0 Å². The maximum atomic E-state index is 11.5. The highest BCUT2D eigenvalue weighted by Crippen LogP contribution is 2.40. The first-order valence-corrected chi connectivity index (χ1v) is 8.28. The van der Waals surface area contributed by atoms with Crippen LogP contribution < -0.4 is 0 Å². The molecule has 0 radical (unpaired) electrons. The first-order valence-electron chi connectivity index (χ1n) is 7.13. The second-order valence-corrected chi connectivity index (χ2v) is 7.24. The zero-order chi connectivity index (χ0) is 14.1. The van der Waals surface area contributed by atoms with Crippen molar-refractivity contribution >= 4 is 17.7 Å². The number of ether oxygens (including phenoxy) is 1. The van der Waals surface area contributed by atoms with Crippen LogP contribution in [0.5, 0.6) is 0 Å². The van der Waals surface area contributed by atoms with E-state index in [1.54, 1.807) is 0 Å². The summed E-state index contributed by atoms with van der Waals surface area (Å²) in [4.78, 5) is 13.6. The van der Waals surface area contributed by atoms with E-state index in [0.717, 1.165) is 38.2 Å². The maximum absolute atomic E-state index is 11.5. The van der Waals surface area contributed by atoms with Crippen LogP contribution in [0.4, 0.5) is 0 Å². The summed E-state index contributed by atoms with van der Waals surface area (Å²) in [6, 6.07) is 0.323. The molecule has 1 N–H and O–H groups in total. The molecule has 4 nitrogen and oxygen atoms in total. The van der Waals surface area contributed by atoms with E-state index in [0.29, 0.717) is 6.04 Å². The SMILES string of the molecule is CCN(C1CCOC2(CCSC2)C1)C(C)(C)C(=O)O. The van der Waals surface area contributed by atoms with Gasteiger partial charge in [0.25, 0.3) is 0 Å². The lowest BCUT2D eigenvalue weighted by atomic mass is 9.86. The Bertz CT molecular complexity index is 340. The van der Waals surface area contributed by atoms with Gasteiger partial charge < -0.3 is 9.84 Å². The zero-order valence-corrected chi connectivity index (χ0v) is 13.0. The molecular weight excluding hydrogens is 262 g/mol. The lowest BCUT2D eigenvalue weighted by Gasteiger charge is -2.46. The van der Waals surface area contributed by atoms with Crippen molar-refractivity contribution in [1.29, 1.82) is 0 Å². The van der Waals surface area contributed by atoms with Crippen LogP contribution in [-0.2, 0) is 9.53 Å². The molecule has 0 saturated carbocycles. The predicted octanol–water partition coefficient (Wildman–Crippen LogP) is 2.23. The normalized spacial score (nSPS) is 32.1. The van der Waals surface area contributed by atoms with Gasteiger partial charge in [-0.25, -0.2) is 0 Å². The Morgan fingerprint density at radius 1 is 1.58 bits per heavy atom. The minimum absolute atomic E-state index is 0.00951. The summed E-state index contributed by atoms with van der Waals surface area (Å²) in [5, 5.41) is 9.45. The molecule has 2 aliphatic heterocycles. The number of carboxylic acid groups (broad SMARTS) is 1. The molecule has 5 heteroatoms. The molecule has 0 bridgehead atoms. The van der Waals surface area contributed by atoms with Gasteiger partial charge in [0.2, 0.25) is 0 Å². The first-order chi connectivity index (χ1) is 8.91. The quantitative estimate of drug-likeness (QED) is 0.859. The monoisotopic (exact) mass is 287 g/mol. The van der Waals surface area contributed by atoms with Crippen LogP contribution in [-0.4, -0.2) is 57.8 Å². The third-order valence-corrected chi connectivity index (χ3v) is 5.78. The van der Waals surface area contributed by atoms with Crippen molar-refractivity contribution in [2.75, 3.05) is 24.7 Å². The van der Waals surface area contributed by atoms with Crippen LogP contribution in [0, 0.1) is 0 Å². The Hall–Kier alpha value is -0.260. The fraction of sp³-hybridized carbons (Fsp3) is 0.929. The average molecular weight is 287 g/mol. The van der Waals surface area contributed by atoms with Crippen LogP contribution >= 0.6 is 11.8 Å². The predicted molar refractivity (Wildman–Crippen MR) is 77.7 cm³/mol. The van der Waals surface area contributed by atoms with Crippen molar-refractivity contribution in [2.24, 2.45) is 0 Å². The Morgan fingerprint density at radius 2 is 2.32 bits per heavy atom. The highest BCUT2D eigenvalue weighted by atomic mass is 32.2. The molecule has 110 valence electrons. The van der Waals surface area contributed by atoms with E-state index in [1.165, 1.54) is 5.75 Å². The van der Waals surface area contributed by atoms with Crippen LogP contribution in [0.3, 0.4) is 0 Å². The van der Waals surface area contributed by atoms with Crippen LogP contribution in [0.25, 0.3) is 0 Å².